The molecule has 0 fully saturated rings. The Kier molecular flexibility index (Phi) is 5.21. The van der Waals surface area contributed by atoms with Crippen LogP contribution < -0.4 is 10.6 Å². The van der Waals surface area contributed by atoms with Gasteiger partial charge >= 0.3 is 0 Å². The lowest BCUT2D eigenvalue weighted by atomic mass is 10.3. The monoisotopic (exact) mass is 256 g/mol. The molecule has 6 heteroatoms. The first-order valence-corrected chi connectivity index (χ1v) is 6.56. The first-order chi connectivity index (χ1) is 8.08. The van der Waals surface area contributed by atoms with E-state index in [1.54, 1.807) is 19.0 Å². The van der Waals surface area contributed by atoms with Crippen molar-refractivity contribution >= 4 is 23.8 Å². The van der Waals surface area contributed by atoms with E-state index in [9.17, 15) is 0 Å². The Hall–Kier alpha value is -1.30. The van der Waals surface area contributed by atoms with Gasteiger partial charge in [-0.1, -0.05) is 11.9 Å². The maximum atomic E-state index is 5.76. The molecule has 1 aromatic heterocycles. The van der Waals surface area contributed by atoms with Gasteiger partial charge in [0.1, 0.15) is 5.76 Å². The van der Waals surface area contributed by atoms with Gasteiger partial charge in [0.2, 0.25) is 5.96 Å². The maximum Gasteiger partial charge on any atom is 0.201 e. The normalized spacial score (nSPS) is 11.6. The summed E-state index contributed by atoms with van der Waals surface area (Å²) in [5.74, 6) is 2.36. The van der Waals surface area contributed by atoms with E-state index >= 15 is 0 Å². The third-order valence-corrected chi connectivity index (χ3v) is 3.16. The summed E-state index contributed by atoms with van der Waals surface area (Å²) in [6, 6.07) is 3.96. The number of hydrogen-bond donors (Lipinski definition) is 1. The molecule has 0 saturated carbocycles. The van der Waals surface area contributed by atoms with Gasteiger partial charge in [-0.25, -0.2) is 0 Å². The SMILES string of the molecule is CN=C(N)N(CCc1ccc(N(C)C)o1)SC. The fraction of sp³-hybridized carbons (Fsp3) is 0.545. The van der Waals surface area contributed by atoms with Crippen molar-refractivity contribution in [2.75, 3.05) is 38.8 Å². The van der Waals surface area contributed by atoms with E-state index in [0.29, 0.717) is 5.96 Å². The number of guanidine groups is 1. The molecule has 0 saturated heterocycles. The predicted octanol–water partition coefficient (Wildman–Crippen LogP) is 1.41. The van der Waals surface area contributed by atoms with Crippen molar-refractivity contribution < 1.29 is 4.42 Å². The zero-order chi connectivity index (χ0) is 12.8. The molecule has 0 aliphatic carbocycles. The molecule has 5 nitrogen and oxygen atoms in total. The quantitative estimate of drug-likeness (QED) is 0.490. The van der Waals surface area contributed by atoms with Crippen LogP contribution in [0.3, 0.4) is 0 Å². The van der Waals surface area contributed by atoms with Gasteiger partial charge in [0.25, 0.3) is 0 Å². The number of nitrogens with two attached hydrogens (primary N) is 1. The van der Waals surface area contributed by atoms with Gasteiger partial charge in [-0.15, -0.1) is 0 Å². The number of nitrogens with zero attached hydrogens (tertiary/aromatic N) is 3. The molecule has 0 aliphatic rings. The lowest BCUT2D eigenvalue weighted by molar-refractivity contribution is 0.493. The summed E-state index contributed by atoms with van der Waals surface area (Å²) >= 11 is 1.56. The lowest BCUT2D eigenvalue weighted by Crippen LogP contribution is -2.33. The molecule has 96 valence electrons. The summed E-state index contributed by atoms with van der Waals surface area (Å²) in [5.41, 5.74) is 5.76. The van der Waals surface area contributed by atoms with Gasteiger partial charge in [-0.2, -0.15) is 0 Å². The summed E-state index contributed by atoms with van der Waals surface area (Å²) in [6.45, 7) is 0.782. The lowest BCUT2D eigenvalue weighted by Gasteiger charge is -2.19. The number of furan rings is 1. The Morgan fingerprint density at radius 2 is 2.18 bits per heavy atom. The Bertz CT molecular complexity index is 375. The van der Waals surface area contributed by atoms with Crippen molar-refractivity contribution in [1.29, 1.82) is 0 Å². The molecule has 0 spiro atoms. The summed E-state index contributed by atoms with van der Waals surface area (Å²) < 4.78 is 7.60. The van der Waals surface area contributed by atoms with Gasteiger partial charge in [-0.3, -0.25) is 9.30 Å². The fourth-order valence-corrected chi connectivity index (χ4v) is 1.91. The van der Waals surface area contributed by atoms with Crippen LogP contribution in [0.4, 0.5) is 5.88 Å². The van der Waals surface area contributed by atoms with E-state index in [-0.39, 0.29) is 0 Å². The molecule has 0 atom stereocenters. The molecule has 1 heterocycles. The molecular formula is C11H20N4OS. The van der Waals surface area contributed by atoms with Crippen LogP contribution >= 0.6 is 11.9 Å². The fourth-order valence-electron chi connectivity index (χ4n) is 1.36. The first-order valence-electron chi connectivity index (χ1n) is 5.38. The van der Waals surface area contributed by atoms with Gasteiger partial charge in [-0.05, 0) is 6.07 Å². The first kappa shape index (κ1) is 13.8. The van der Waals surface area contributed by atoms with Gasteiger partial charge in [0.05, 0.1) is 0 Å². The van der Waals surface area contributed by atoms with E-state index in [2.05, 4.69) is 4.99 Å². The standard InChI is InChI=1S/C11H20N4OS/c1-13-11(12)15(17-4)8-7-9-5-6-10(16-9)14(2)3/h5-6H,7-8H2,1-4H3,(H2,12,13). The number of hydrogen-bond acceptors (Lipinski definition) is 4. The molecule has 0 unspecified atom stereocenters. The van der Waals surface area contributed by atoms with E-state index in [1.807, 2.05) is 41.7 Å². The second-order valence-corrected chi connectivity index (χ2v) is 4.56. The van der Waals surface area contributed by atoms with E-state index < -0.39 is 0 Å². The minimum atomic E-state index is 0.539. The molecule has 0 aromatic carbocycles. The van der Waals surface area contributed by atoms with Crippen LogP contribution in [-0.4, -0.2) is 44.2 Å². The zero-order valence-electron chi connectivity index (χ0n) is 10.8. The average Bonchev–Trinajstić information content (AvgIpc) is 2.78. The number of anilines is 1. The van der Waals surface area contributed by atoms with Crippen LogP contribution in [0.15, 0.2) is 21.5 Å². The topological polar surface area (TPSA) is 58.0 Å². The van der Waals surface area contributed by atoms with Crippen molar-refractivity contribution in [1.82, 2.24) is 4.31 Å². The van der Waals surface area contributed by atoms with Crippen molar-refractivity contribution in [2.24, 2.45) is 10.7 Å². The van der Waals surface area contributed by atoms with Crippen LogP contribution in [-0.2, 0) is 6.42 Å². The highest BCUT2D eigenvalue weighted by molar-refractivity contribution is 7.96. The largest absolute Gasteiger partial charge is 0.446 e. The minimum absolute atomic E-state index is 0.539. The molecule has 0 amide bonds. The van der Waals surface area contributed by atoms with Crippen LogP contribution in [0.2, 0.25) is 0 Å². The second-order valence-electron chi connectivity index (χ2n) is 3.75. The Morgan fingerprint density at radius 3 is 2.65 bits per heavy atom. The van der Waals surface area contributed by atoms with Gasteiger partial charge in [0.15, 0.2) is 5.88 Å². The van der Waals surface area contributed by atoms with Crippen molar-refractivity contribution in [2.45, 2.75) is 6.42 Å². The summed E-state index contributed by atoms with van der Waals surface area (Å²) in [7, 11) is 5.60. The van der Waals surface area contributed by atoms with Crippen molar-refractivity contribution in [3.05, 3.63) is 17.9 Å². The summed E-state index contributed by atoms with van der Waals surface area (Å²) in [6.07, 6.45) is 2.79. The third-order valence-electron chi connectivity index (χ3n) is 2.35. The van der Waals surface area contributed by atoms with E-state index in [1.165, 1.54) is 0 Å². The minimum Gasteiger partial charge on any atom is -0.446 e. The van der Waals surface area contributed by atoms with Crippen molar-refractivity contribution in [3.63, 3.8) is 0 Å². The molecule has 2 N–H and O–H groups in total. The molecule has 1 aromatic rings. The smallest absolute Gasteiger partial charge is 0.201 e. The maximum absolute atomic E-state index is 5.76. The predicted molar refractivity (Wildman–Crippen MR) is 74.5 cm³/mol. The highest BCUT2D eigenvalue weighted by atomic mass is 32.2. The Balaban J connectivity index is 2.54. The molecule has 0 aliphatic heterocycles. The van der Waals surface area contributed by atoms with Crippen LogP contribution in [0.5, 0.6) is 0 Å². The third kappa shape index (κ3) is 3.89. The number of aliphatic imine (C=N–C) groups is 1. The molecule has 0 bridgehead atoms. The molecule has 0 radical (unpaired) electrons. The summed E-state index contributed by atoms with van der Waals surface area (Å²) in [4.78, 5) is 5.91. The van der Waals surface area contributed by atoms with E-state index in [4.69, 9.17) is 10.2 Å². The van der Waals surface area contributed by atoms with Crippen LogP contribution in [0.1, 0.15) is 5.76 Å². The Labute approximate surface area is 107 Å². The Morgan fingerprint density at radius 1 is 1.47 bits per heavy atom. The van der Waals surface area contributed by atoms with Gasteiger partial charge < -0.3 is 15.1 Å². The van der Waals surface area contributed by atoms with Crippen molar-refractivity contribution in [3.8, 4) is 0 Å². The number of rotatable bonds is 5. The summed E-state index contributed by atoms with van der Waals surface area (Å²) in [5, 5.41) is 0. The zero-order valence-corrected chi connectivity index (χ0v) is 11.6. The molecule has 1 rings (SSSR count). The highest BCUT2D eigenvalue weighted by Crippen LogP contribution is 2.17. The molecule has 17 heavy (non-hydrogen) atoms. The highest BCUT2D eigenvalue weighted by Gasteiger charge is 2.08. The van der Waals surface area contributed by atoms with Crippen LogP contribution in [0.25, 0.3) is 0 Å². The molecular weight excluding hydrogens is 236 g/mol. The van der Waals surface area contributed by atoms with Crippen LogP contribution in [0, 0.1) is 0 Å². The average molecular weight is 256 g/mol. The van der Waals surface area contributed by atoms with Gasteiger partial charge in [0, 0.05) is 46.4 Å². The second kappa shape index (κ2) is 6.44. The van der Waals surface area contributed by atoms with E-state index in [0.717, 1.165) is 24.6 Å².